The van der Waals surface area contributed by atoms with Crippen molar-refractivity contribution in [2.75, 3.05) is 5.32 Å². The number of nitrogens with one attached hydrogen (secondary N) is 1. The zero-order chi connectivity index (χ0) is 23.4. The summed E-state index contributed by atoms with van der Waals surface area (Å²) >= 11 is 0. The number of aliphatic imine (C=N–C) groups is 1. The van der Waals surface area contributed by atoms with E-state index in [2.05, 4.69) is 113 Å². The van der Waals surface area contributed by atoms with E-state index in [9.17, 15) is 0 Å². The van der Waals surface area contributed by atoms with Gasteiger partial charge >= 0.3 is 0 Å². The Hall–Kier alpha value is -4.83. The molecule has 1 atom stereocenters. The van der Waals surface area contributed by atoms with Gasteiger partial charge in [-0.2, -0.15) is 0 Å². The monoisotopic (exact) mass is 461 g/mol. The van der Waals surface area contributed by atoms with Crippen molar-refractivity contribution < 1.29 is 4.42 Å². The number of hydrogen-bond acceptors (Lipinski definition) is 3. The molecule has 4 nitrogen and oxygen atoms in total. The molecule has 1 unspecified atom stereocenters. The predicted octanol–water partition coefficient (Wildman–Crippen LogP) is 8.24. The molecule has 9 rings (SSSR count). The summed E-state index contributed by atoms with van der Waals surface area (Å²) in [6, 6.07) is 28.0. The van der Waals surface area contributed by atoms with E-state index in [0.717, 1.165) is 44.5 Å². The molecule has 1 aliphatic carbocycles. The van der Waals surface area contributed by atoms with Gasteiger partial charge in [0.1, 0.15) is 11.2 Å². The highest BCUT2D eigenvalue weighted by Crippen LogP contribution is 2.50. The van der Waals surface area contributed by atoms with Crippen LogP contribution in [-0.4, -0.2) is 16.2 Å². The summed E-state index contributed by atoms with van der Waals surface area (Å²) in [7, 11) is 0. The lowest BCUT2D eigenvalue weighted by molar-refractivity contribution is 0.673. The summed E-state index contributed by atoms with van der Waals surface area (Å²) in [5.74, 6) is 0.945. The number of nitrogens with zero attached hydrogens (tertiary/aromatic N) is 2. The second-order valence-corrected chi connectivity index (χ2v) is 9.66. The topological polar surface area (TPSA) is 41.9 Å². The van der Waals surface area contributed by atoms with Crippen LogP contribution in [0.4, 0.5) is 11.5 Å². The van der Waals surface area contributed by atoms with Crippen LogP contribution in [0.2, 0.25) is 0 Å². The number of para-hydroxylation sites is 1. The molecule has 36 heavy (non-hydrogen) atoms. The van der Waals surface area contributed by atoms with E-state index in [0.29, 0.717) is 0 Å². The van der Waals surface area contributed by atoms with Gasteiger partial charge in [0.05, 0.1) is 33.9 Å². The van der Waals surface area contributed by atoms with Crippen LogP contribution in [0.5, 0.6) is 0 Å². The second-order valence-electron chi connectivity index (χ2n) is 9.66. The molecule has 0 bridgehead atoms. The largest absolute Gasteiger partial charge is 0.455 e. The minimum atomic E-state index is 0.0592. The summed E-state index contributed by atoms with van der Waals surface area (Å²) in [5.41, 5.74) is 8.62. The molecular formula is C32H19N3O. The van der Waals surface area contributed by atoms with E-state index in [1.807, 2.05) is 0 Å². The van der Waals surface area contributed by atoms with Gasteiger partial charge in [-0.15, -0.1) is 0 Å². The molecule has 1 aliphatic heterocycles. The van der Waals surface area contributed by atoms with Crippen LogP contribution in [-0.2, 0) is 0 Å². The summed E-state index contributed by atoms with van der Waals surface area (Å²) < 4.78 is 8.93. The van der Waals surface area contributed by atoms with Gasteiger partial charge in [-0.1, -0.05) is 72.8 Å². The third-order valence-corrected chi connectivity index (χ3v) is 7.72. The van der Waals surface area contributed by atoms with Crippen LogP contribution in [0.1, 0.15) is 0 Å². The van der Waals surface area contributed by atoms with Crippen LogP contribution in [0.3, 0.4) is 0 Å². The van der Waals surface area contributed by atoms with Crippen molar-refractivity contribution in [3.8, 4) is 11.1 Å². The maximum absolute atomic E-state index is 6.62. The number of fused-ring (bicyclic) bond motifs is 11. The molecule has 4 heterocycles. The first-order chi connectivity index (χ1) is 17.8. The number of furan rings is 1. The van der Waals surface area contributed by atoms with Crippen LogP contribution in [0.15, 0.2) is 113 Å². The number of aromatic nitrogens is 1. The van der Waals surface area contributed by atoms with Crippen LogP contribution >= 0.6 is 0 Å². The van der Waals surface area contributed by atoms with Gasteiger partial charge in [0.25, 0.3) is 0 Å². The number of anilines is 1. The first kappa shape index (κ1) is 18.5. The highest BCUT2D eigenvalue weighted by molar-refractivity contribution is 6.31. The standard InChI is InChI=1S/C32H19N3O/c1-2-8-18(9-3-1)19-14-15-27-21(16-19)23-17-22-20-10-4-7-13-26(20)35-30(22)28(31(23)36-27)29-32(35)34-25-12-6-5-11-24(25)33-29/h1-17,24,33H. The molecule has 4 heteroatoms. The second kappa shape index (κ2) is 6.43. The van der Waals surface area contributed by atoms with E-state index in [-0.39, 0.29) is 6.04 Å². The molecule has 0 fully saturated rings. The van der Waals surface area contributed by atoms with Crippen LogP contribution < -0.4 is 5.32 Å². The fourth-order valence-corrected chi connectivity index (χ4v) is 6.12. The van der Waals surface area contributed by atoms with Gasteiger partial charge in [0, 0.05) is 21.5 Å². The Labute approximate surface area is 205 Å². The summed E-state index contributed by atoms with van der Waals surface area (Å²) in [4.78, 5) is 5.16. The molecule has 168 valence electrons. The van der Waals surface area contributed by atoms with Gasteiger partial charge in [0.15, 0.2) is 5.82 Å². The van der Waals surface area contributed by atoms with Crippen molar-refractivity contribution in [3.05, 3.63) is 103 Å². The van der Waals surface area contributed by atoms with Crippen molar-refractivity contribution >= 4 is 66.3 Å². The van der Waals surface area contributed by atoms with Gasteiger partial charge in [-0.3, -0.25) is 4.40 Å². The van der Waals surface area contributed by atoms with E-state index in [1.165, 1.54) is 32.9 Å². The Morgan fingerprint density at radius 3 is 2.61 bits per heavy atom. The Bertz CT molecular complexity index is 2120. The first-order valence-electron chi connectivity index (χ1n) is 12.3. The number of hydrogen-bond donors (Lipinski definition) is 1. The van der Waals surface area contributed by atoms with Crippen molar-refractivity contribution in [3.63, 3.8) is 0 Å². The fraction of sp³-hybridized carbons (Fsp3) is 0.0312. The van der Waals surface area contributed by atoms with Gasteiger partial charge in [-0.05, 0) is 41.5 Å². The Balaban J connectivity index is 1.47. The number of benzene rings is 4. The lowest BCUT2D eigenvalue weighted by Crippen LogP contribution is -2.29. The quantitative estimate of drug-likeness (QED) is 0.267. The van der Waals surface area contributed by atoms with Crippen molar-refractivity contribution in [2.24, 2.45) is 4.99 Å². The molecule has 0 saturated heterocycles. The van der Waals surface area contributed by atoms with E-state index < -0.39 is 0 Å². The lowest BCUT2D eigenvalue weighted by Gasteiger charge is -2.23. The molecule has 0 saturated carbocycles. The third kappa shape index (κ3) is 2.22. The summed E-state index contributed by atoms with van der Waals surface area (Å²) in [5, 5.41) is 9.62. The lowest BCUT2D eigenvalue weighted by atomic mass is 10.00. The van der Waals surface area contributed by atoms with Gasteiger partial charge < -0.3 is 9.73 Å². The molecule has 3 aromatic heterocycles. The summed E-state index contributed by atoms with van der Waals surface area (Å²) in [6.07, 6.45) is 8.39. The number of allylic oxidation sites excluding steroid dienone is 2. The molecule has 7 aromatic rings. The molecule has 0 amide bonds. The molecule has 2 aliphatic rings. The SMILES string of the molecule is C1=CC2=Nc3c(c4c5oc6ccc(-c7ccccc7)cc6c5cc5c6ccccc6n3c54)NC2C=C1. The van der Waals surface area contributed by atoms with Gasteiger partial charge in [-0.25, -0.2) is 4.99 Å². The zero-order valence-electron chi connectivity index (χ0n) is 19.2. The normalized spacial score (nSPS) is 16.8. The van der Waals surface area contributed by atoms with Gasteiger partial charge in [0.2, 0.25) is 0 Å². The fourth-order valence-electron chi connectivity index (χ4n) is 6.12. The maximum Gasteiger partial charge on any atom is 0.162 e. The van der Waals surface area contributed by atoms with Crippen molar-refractivity contribution in [1.82, 2.24) is 4.40 Å². The minimum absolute atomic E-state index is 0.0592. The van der Waals surface area contributed by atoms with Crippen LogP contribution in [0.25, 0.3) is 60.3 Å². The smallest absolute Gasteiger partial charge is 0.162 e. The minimum Gasteiger partial charge on any atom is -0.455 e. The average Bonchev–Trinajstić information content (AvgIpc) is 3.57. The van der Waals surface area contributed by atoms with Crippen molar-refractivity contribution in [2.45, 2.75) is 6.04 Å². The third-order valence-electron chi connectivity index (χ3n) is 7.72. The predicted molar refractivity (Wildman–Crippen MR) is 149 cm³/mol. The first-order valence-corrected chi connectivity index (χ1v) is 12.3. The highest BCUT2D eigenvalue weighted by atomic mass is 16.3. The molecule has 0 spiro atoms. The zero-order valence-corrected chi connectivity index (χ0v) is 19.2. The highest BCUT2D eigenvalue weighted by Gasteiger charge is 2.31. The van der Waals surface area contributed by atoms with Crippen LogP contribution in [0, 0.1) is 0 Å². The molecule has 0 radical (unpaired) electrons. The molecule has 4 aromatic carbocycles. The maximum atomic E-state index is 6.62. The Morgan fingerprint density at radius 1 is 0.778 bits per heavy atom. The molecule has 1 N–H and O–H groups in total. The van der Waals surface area contributed by atoms with E-state index in [4.69, 9.17) is 9.41 Å². The molecular weight excluding hydrogens is 442 g/mol. The van der Waals surface area contributed by atoms with E-state index in [1.54, 1.807) is 0 Å². The Kier molecular flexibility index (Phi) is 3.30. The average molecular weight is 462 g/mol. The summed E-state index contributed by atoms with van der Waals surface area (Å²) in [6.45, 7) is 0. The van der Waals surface area contributed by atoms with E-state index >= 15 is 0 Å². The van der Waals surface area contributed by atoms with Crippen molar-refractivity contribution in [1.29, 1.82) is 0 Å². The number of rotatable bonds is 1. The Morgan fingerprint density at radius 2 is 1.67 bits per heavy atom.